The van der Waals surface area contributed by atoms with Crippen molar-refractivity contribution in [3.05, 3.63) is 98.5 Å². The number of rotatable bonds is 8. The molecule has 8 nitrogen and oxygen atoms in total. The summed E-state index contributed by atoms with van der Waals surface area (Å²) < 4.78 is 7.97. The van der Waals surface area contributed by atoms with Crippen molar-refractivity contribution in [3.8, 4) is 5.75 Å². The third-order valence-electron chi connectivity index (χ3n) is 5.41. The molecule has 5 aromatic rings. The Bertz CT molecular complexity index is 1610. The number of hydrogen-bond donors (Lipinski definition) is 0. The van der Waals surface area contributed by atoms with Crippen molar-refractivity contribution in [2.75, 3.05) is 6.61 Å². The number of fused-ring (bicyclic) bond motifs is 3. The normalized spacial score (nSPS) is 11.2. The second-order valence-corrected chi connectivity index (χ2v) is 9.62. The molecule has 35 heavy (non-hydrogen) atoms. The van der Waals surface area contributed by atoms with Crippen molar-refractivity contribution in [2.24, 2.45) is 0 Å². The highest BCUT2D eigenvalue weighted by Crippen LogP contribution is 2.32. The van der Waals surface area contributed by atoms with E-state index >= 15 is 0 Å². The van der Waals surface area contributed by atoms with Gasteiger partial charge in [-0.3, -0.25) is 19.5 Å². The van der Waals surface area contributed by atoms with Gasteiger partial charge in [0.1, 0.15) is 15.3 Å². The fourth-order valence-corrected chi connectivity index (χ4v) is 5.77. The van der Waals surface area contributed by atoms with E-state index in [0.717, 1.165) is 27.1 Å². The molecule has 0 unspecified atom stereocenters. The molecular weight excluding hydrogens is 484 g/mol. The van der Waals surface area contributed by atoms with E-state index in [1.54, 1.807) is 22.9 Å². The molecule has 0 bridgehead atoms. The van der Waals surface area contributed by atoms with Gasteiger partial charge in [-0.2, -0.15) is 0 Å². The molecule has 2 aromatic carbocycles. The third-order valence-corrected chi connectivity index (χ3v) is 7.55. The molecule has 0 spiro atoms. The van der Waals surface area contributed by atoms with Crippen molar-refractivity contribution in [1.29, 1.82) is 0 Å². The summed E-state index contributed by atoms with van der Waals surface area (Å²) in [4.78, 5) is 34.5. The maximum absolute atomic E-state index is 13.7. The predicted molar refractivity (Wildman–Crippen MR) is 139 cm³/mol. The van der Waals surface area contributed by atoms with Crippen molar-refractivity contribution < 1.29 is 9.66 Å². The van der Waals surface area contributed by atoms with Gasteiger partial charge in [-0.05, 0) is 30.7 Å². The molecule has 5 rings (SSSR count). The van der Waals surface area contributed by atoms with E-state index in [2.05, 4.69) is 4.98 Å². The van der Waals surface area contributed by atoms with Crippen LogP contribution in [0, 0.1) is 10.1 Å². The van der Waals surface area contributed by atoms with Crippen LogP contribution in [0.3, 0.4) is 0 Å². The Balaban J connectivity index is 1.61. The minimum atomic E-state index is -0.413. The fourth-order valence-electron chi connectivity index (χ4n) is 3.80. The van der Waals surface area contributed by atoms with Gasteiger partial charge in [-0.1, -0.05) is 42.1 Å². The molecule has 0 N–H and O–H groups in total. The highest BCUT2D eigenvalue weighted by atomic mass is 32.2. The molecule has 0 radical (unpaired) electrons. The number of nitro benzene ring substituents is 1. The zero-order valence-corrected chi connectivity index (χ0v) is 20.3. The first-order valence-corrected chi connectivity index (χ1v) is 12.7. The Morgan fingerprint density at radius 1 is 1.14 bits per heavy atom. The number of ether oxygens (including phenoxy) is 1. The lowest BCUT2D eigenvalue weighted by molar-refractivity contribution is -0.384. The quantitative estimate of drug-likeness (QED) is 0.116. The standard InChI is InChI=1S/C25H20N4O4S2/c1-2-33-20-11-4-3-8-17(20)14-28-24(30)22-21(19-10-6-12-26-23(19)35-22)27-25(28)34-15-16-7-5-9-18(13-16)29(31)32/h3-13H,2,14-15H2,1H3. The molecule has 0 saturated carbocycles. The number of pyridine rings is 1. The van der Waals surface area contributed by atoms with E-state index in [4.69, 9.17) is 9.72 Å². The first-order chi connectivity index (χ1) is 17.0. The van der Waals surface area contributed by atoms with Crippen LogP contribution in [-0.4, -0.2) is 26.1 Å². The summed E-state index contributed by atoms with van der Waals surface area (Å²) in [7, 11) is 0. The van der Waals surface area contributed by atoms with Crippen LogP contribution >= 0.6 is 23.1 Å². The number of para-hydroxylation sites is 1. The molecular formula is C25H20N4O4S2. The smallest absolute Gasteiger partial charge is 0.272 e. The number of nitro groups is 1. The van der Waals surface area contributed by atoms with E-state index in [-0.39, 0.29) is 17.8 Å². The molecule has 3 heterocycles. The van der Waals surface area contributed by atoms with Crippen LogP contribution < -0.4 is 10.3 Å². The van der Waals surface area contributed by atoms with Gasteiger partial charge in [0.25, 0.3) is 11.2 Å². The number of thioether (sulfide) groups is 1. The minimum Gasteiger partial charge on any atom is -0.494 e. The lowest BCUT2D eigenvalue weighted by Crippen LogP contribution is -2.23. The van der Waals surface area contributed by atoms with Crippen molar-refractivity contribution >= 4 is 49.2 Å². The zero-order valence-electron chi connectivity index (χ0n) is 18.7. The summed E-state index contributed by atoms with van der Waals surface area (Å²) in [6, 6.07) is 17.9. The van der Waals surface area contributed by atoms with E-state index in [1.165, 1.54) is 29.2 Å². The van der Waals surface area contributed by atoms with Crippen LogP contribution in [-0.2, 0) is 12.3 Å². The van der Waals surface area contributed by atoms with Crippen molar-refractivity contribution in [2.45, 2.75) is 24.4 Å². The molecule has 0 amide bonds. The average Bonchev–Trinajstić information content (AvgIpc) is 3.25. The molecule has 10 heteroatoms. The van der Waals surface area contributed by atoms with Crippen LogP contribution in [0.15, 0.2) is 76.8 Å². The largest absolute Gasteiger partial charge is 0.494 e. The van der Waals surface area contributed by atoms with Crippen LogP contribution in [0.5, 0.6) is 5.75 Å². The molecule has 0 aliphatic carbocycles. The van der Waals surface area contributed by atoms with Gasteiger partial charge in [-0.15, -0.1) is 11.3 Å². The van der Waals surface area contributed by atoms with Crippen LogP contribution in [0.2, 0.25) is 0 Å². The van der Waals surface area contributed by atoms with Gasteiger partial charge in [0.15, 0.2) is 5.16 Å². The summed E-state index contributed by atoms with van der Waals surface area (Å²) in [5.41, 5.74) is 2.15. The Morgan fingerprint density at radius 2 is 2.00 bits per heavy atom. The summed E-state index contributed by atoms with van der Waals surface area (Å²) in [6.07, 6.45) is 1.70. The monoisotopic (exact) mass is 504 g/mol. The highest BCUT2D eigenvalue weighted by molar-refractivity contribution is 7.98. The topological polar surface area (TPSA) is 100 Å². The molecule has 0 aliphatic rings. The number of nitrogens with zero attached hydrogens (tertiary/aromatic N) is 4. The summed E-state index contributed by atoms with van der Waals surface area (Å²) >= 11 is 2.71. The first-order valence-electron chi connectivity index (χ1n) is 10.9. The average molecular weight is 505 g/mol. The molecule has 0 fully saturated rings. The summed E-state index contributed by atoms with van der Waals surface area (Å²) in [6.45, 7) is 2.72. The SMILES string of the molecule is CCOc1ccccc1Cn1c(SCc2cccc([N+](=O)[O-])c2)nc2c(sc3ncccc32)c1=O. The molecule has 3 aromatic heterocycles. The molecule has 0 aliphatic heterocycles. The molecule has 176 valence electrons. The van der Waals surface area contributed by atoms with Crippen LogP contribution in [0.4, 0.5) is 5.69 Å². The lowest BCUT2D eigenvalue weighted by atomic mass is 10.2. The van der Waals surface area contributed by atoms with Gasteiger partial charge in [0.2, 0.25) is 0 Å². The third kappa shape index (κ3) is 4.62. The first kappa shape index (κ1) is 23.0. The Morgan fingerprint density at radius 3 is 2.83 bits per heavy atom. The van der Waals surface area contributed by atoms with Gasteiger partial charge in [0, 0.05) is 35.0 Å². The number of non-ortho nitro benzene ring substituents is 1. The molecule has 0 atom stereocenters. The van der Waals surface area contributed by atoms with E-state index < -0.39 is 4.92 Å². The van der Waals surface area contributed by atoms with Crippen molar-refractivity contribution in [1.82, 2.24) is 14.5 Å². The Kier molecular flexibility index (Phi) is 6.47. The predicted octanol–water partition coefficient (Wildman–Crippen LogP) is 5.65. The van der Waals surface area contributed by atoms with E-state index in [0.29, 0.717) is 27.7 Å². The maximum atomic E-state index is 13.7. The number of benzene rings is 2. The Labute approximate surface area is 208 Å². The summed E-state index contributed by atoms with van der Waals surface area (Å²) in [5, 5.41) is 12.5. The maximum Gasteiger partial charge on any atom is 0.272 e. The van der Waals surface area contributed by atoms with Gasteiger partial charge in [0.05, 0.1) is 23.6 Å². The fraction of sp³-hybridized carbons (Fsp3) is 0.160. The Hall–Kier alpha value is -3.76. The zero-order chi connectivity index (χ0) is 24.4. The molecule has 0 saturated heterocycles. The van der Waals surface area contributed by atoms with Crippen molar-refractivity contribution in [3.63, 3.8) is 0 Å². The van der Waals surface area contributed by atoms with Crippen LogP contribution in [0.25, 0.3) is 20.4 Å². The van der Waals surface area contributed by atoms with E-state index in [9.17, 15) is 14.9 Å². The van der Waals surface area contributed by atoms with Crippen LogP contribution in [0.1, 0.15) is 18.1 Å². The number of hydrogen-bond acceptors (Lipinski definition) is 8. The van der Waals surface area contributed by atoms with Gasteiger partial charge in [-0.25, -0.2) is 9.97 Å². The summed E-state index contributed by atoms with van der Waals surface area (Å²) in [5.74, 6) is 1.14. The number of aromatic nitrogens is 3. The second kappa shape index (κ2) is 9.85. The van der Waals surface area contributed by atoms with Gasteiger partial charge < -0.3 is 4.74 Å². The number of thiophene rings is 1. The van der Waals surface area contributed by atoms with Gasteiger partial charge >= 0.3 is 0 Å². The second-order valence-electron chi connectivity index (χ2n) is 7.68. The lowest BCUT2D eigenvalue weighted by Gasteiger charge is -2.15. The highest BCUT2D eigenvalue weighted by Gasteiger charge is 2.18. The van der Waals surface area contributed by atoms with E-state index in [1.807, 2.05) is 49.4 Å². The minimum absolute atomic E-state index is 0.0319.